The van der Waals surface area contributed by atoms with E-state index in [0.717, 1.165) is 31.5 Å². The summed E-state index contributed by atoms with van der Waals surface area (Å²) < 4.78 is 0. The maximum atomic E-state index is 12.1. The molecule has 1 aliphatic heterocycles. The van der Waals surface area contributed by atoms with Crippen molar-refractivity contribution in [2.45, 2.75) is 51.2 Å². The molecule has 0 saturated carbocycles. The van der Waals surface area contributed by atoms with Crippen molar-refractivity contribution < 1.29 is 4.79 Å². The molecule has 1 unspecified atom stereocenters. The predicted molar refractivity (Wildman–Crippen MR) is 85.9 cm³/mol. The smallest absolute Gasteiger partial charge is 0.222 e. The van der Waals surface area contributed by atoms with Gasteiger partial charge in [-0.1, -0.05) is 30.3 Å². The van der Waals surface area contributed by atoms with Gasteiger partial charge in [-0.25, -0.2) is 0 Å². The second-order valence-corrected chi connectivity index (χ2v) is 6.19. The van der Waals surface area contributed by atoms with Gasteiger partial charge in [0.2, 0.25) is 5.91 Å². The van der Waals surface area contributed by atoms with Crippen molar-refractivity contribution >= 4 is 5.91 Å². The van der Waals surface area contributed by atoms with Crippen LogP contribution in [0.25, 0.3) is 0 Å². The Morgan fingerprint density at radius 1 is 1.29 bits per heavy atom. The summed E-state index contributed by atoms with van der Waals surface area (Å²) in [6.45, 7) is 6.57. The Bertz CT molecular complexity index is 439. The number of amides is 1. The van der Waals surface area contributed by atoms with E-state index in [9.17, 15) is 4.79 Å². The van der Waals surface area contributed by atoms with E-state index in [1.165, 1.54) is 0 Å². The van der Waals surface area contributed by atoms with E-state index < -0.39 is 0 Å². The molecule has 1 heterocycles. The van der Waals surface area contributed by atoms with Gasteiger partial charge in [0.25, 0.3) is 0 Å². The first-order valence-corrected chi connectivity index (χ1v) is 7.90. The Labute approximate surface area is 127 Å². The summed E-state index contributed by atoms with van der Waals surface area (Å²) in [5.41, 5.74) is 7.11. The van der Waals surface area contributed by atoms with Crippen LogP contribution in [0.5, 0.6) is 0 Å². The molecule has 3 N–H and O–H groups in total. The van der Waals surface area contributed by atoms with Crippen molar-refractivity contribution in [2.24, 2.45) is 5.73 Å². The summed E-state index contributed by atoms with van der Waals surface area (Å²) in [5.74, 6) is 0.0642. The Balaban J connectivity index is 1.75. The van der Waals surface area contributed by atoms with Crippen molar-refractivity contribution in [2.75, 3.05) is 13.1 Å². The van der Waals surface area contributed by atoms with Gasteiger partial charge in [-0.2, -0.15) is 0 Å². The van der Waals surface area contributed by atoms with Gasteiger partial charge in [0, 0.05) is 37.6 Å². The first-order valence-electron chi connectivity index (χ1n) is 7.90. The molecule has 1 atom stereocenters. The average Bonchev–Trinajstić information content (AvgIpc) is 2.48. The zero-order chi connectivity index (χ0) is 15.2. The quantitative estimate of drug-likeness (QED) is 0.872. The molecule has 1 aromatic carbocycles. The molecule has 2 rings (SSSR count). The van der Waals surface area contributed by atoms with E-state index in [4.69, 9.17) is 5.73 Å². The maximum Gasteiger partial charge on any atom is 0.222 e. The van der Waals surface area contributed by atoms with Gasteiger partial charge in [0.15, 0.2) is 0 Å². The van der Waals surface area contributed by atoms with Gasteiger partial charge < -0.3 is 16.0 Å². The van der Waals surface area contributed by atoms with E-state index in [1.807, 2.05) is 30.3 Å². The molecule has 0 spiro atoms. The van der Waals surface area contributed by atoms with Crippen LogP contribution in [0.2, 0.25) is 0 Å². The fourth-order valence-electron chi connectivity index (χ4n) is 2.86. The lowest BCUT2D eigenvalue weighted by Gasteiger charge is -2.35. The number of rotatable bonds is 5. The lowest BCUT2D eigenvalue weighted by molar-refractivity contribution is -0.122. The Morgan fingerprint density at radius 3 is 2.48 bits per heavy atom. The lowest BCUT2D eigenvalue weighted by atomic mass is 10.0. The molecule has 1 aliphatic rings. The topological polar surface area (TPSA) is 58.4 Å². The minimum atomic E-state index is -0.220. The molecule has 4 nitrogen and oxygen atoms in total. The minimum Gasteiger partial charge on any atom is -0.353 e. The number of carbonyl (C=O) groups excluding carboxylic acids is 1. The van der Waals surface area contributed by atoms with Crippen LogP contribution in [0.1, 0.15) is 44.7 Å². The van der Waals surface area contributed by atoms with Gasteiger partial charge in [-0.15, -0.1) is 0 Å². The highest BCUT2D eigenvalue weighted by Crippen LogP contribution is 2.15. The molecule has 1 saturated heterocycles. The summed E-state index contributed by atoms with van der Waals surface area (Å²) in [5, 5.41) is 3.13. The number of nitrogens with two attached hydrogens (primary N) is 1. The number of carbonyl (C=O) groups is 1. The largest absolute Gasteiger partial charge is 0.353 e. The van der Waals surface area contributed by atoms with E-state index >= 15 is 0 Å². The third-order valence-corrected chi connectivity index (χ3v) is 4.26. The summed E-state index contributed by atoms with van der Waals surface area (Å²) >= 11 is 0. The molecule has 0 aliphatic carbocycles. The number of nitrogens with one attached hydrogen (secondary N) is 1. The zero-order valence-electron chi connectivity index (χ0n) is 13.1. The molecule has 21 heavy (non-hydrogen) atoms. The van der Waals surface area contributed by atoms with Crippen LogP contribution in [0.4, 0.5) is 0 Å². The molecule has 116 valence electrons. The normalized spacial score (nSPS) is 18.7. The summed E-state index contributed by atoms with van der Waals surface area (Å²) in [4.78, 5) is 14.6. The molecule has 4 heteroatoms. The van der Waals surface area contributed by atoms with Crippen LogP contribution < -0.4 is 11.1 Å². The van der Waals surface area contributed by atoms with Crippen LogP contribution in [0, 0.1) is 0 Å². The molecule has 0 aromatic heterocycles. The Hall–Kier alpha value is -1.39. The monoisotopic (exact) mass is 289 g/mol. The molecule has 0 radical (unpaired) electrons. The third-order valence-electron chi connectivity index (χ3n) is 4.26. The number of nitrogens with zero attached hydrogens (tertiary/aromatic N) is 1. The SMILES string of the molecule is CC(C)N1CCC(NC(=O)CC(N)c2ccccc2)CC1. The van der Waals surface area contributed by atoms with Gasteiger partial charge >= 0.3 is 0 Å². The third kappa shape index (κ3) is 4.83. The highest BCUT2D eigenvalue weighted by atomic mass is 16.1. The van der Waals surface area contributed by atoms with Gasteiger partial charge in [-0.05, 0) is 32.3 Å². The second kappa shape index (κ2) is 7.57. The minimum absolute atomic E-state index is 0.0642. The lowest BCUT2D eigenvalue weighted by Crippen LogP contribution is -2.47. The number of hydrogen-bond acceptors (Lipinski definition) is 3. The van der Waals surface area contributed by atoms with E-state index in [1.54, 1.807) is 0 Å². The van der Waals surface area contributed by atoms with Crippen molar-refractivity contribution in [1.29, 1.82) is 0 Å². The van der Waals surface area contributed by atoms with Crippen molar-refractivity contribution in [3.8, 4) is 0 Å². The van der Waals surface area contributed by atoms with E-state index in [0.29, 0.717) is 18.5 Å². The van der Waals surface area contributed by atoms with Crippen LogP contribution >= 0.6 is 0 Å². The summed E-state index contributed by atoms with van der Waals surface area (Å²) in [7, 11) is 0. The fraction of sp³-hybridized carbons (Fsp3) is 0.588. The van der Waals surface area contributed by atoms with Crippen LogP contribution in [0.3, 0.4) is 0 Å². The number of hydrogen-bond donors (Lipinski definition) is 2. The highest BCUT2D eigenvalue weighted by molar-refractivity contribution is 5.77. The Kier molecular flexibility index (Phi) is 5.76. The van der Waals surface area contributed by atoms with Gasteiger partial charge in [0.1, 0.15) is 0 Å². The molecule has 0 bridgehead atoms. The first-order chi connectivity index (χ1) is 10.1. The van der Waals surface area contributed by atoms with E-state index in [2.05, 4.69) is 24.1 Å². The Morgan fingerprint density at radius 2 is 1.90 bits per heavy atom. The van der Waals surface area contributed by atoms with Crippen LogP contribution in [0.15, 0.2) is 30.3 Å². The summed E-state index contributed by atoms with van der Waals surface area (Å²) in [6.07, 6.45) is 2.42. The number of benzene rings is 1. The maximum absolute atomic E-state index is 12.1. The van der Waals surface area contributed by atoms with E-state index in [-0.39, 0.29) is 11.9 Å². The fourth-order valence-corrected chi connectivity index (χ4v) is 2.86. The molecular formula is C17H27N3O. The summed E-state index contributed by atoms with van der Waals surface area (Å²) in [6, 6.07) is 10.5. The van der Waals surface area contributed by atoms with Crippen LogP contribution in [-0.4, -0.2) is 36.0 Å². The molecule has 1 aromatic rings. The zero-order valence-corrected chi connectivity index (χ0v) is 13.1. The standard InChI is InChI=1S/C17H27N3O/c1-13(2)20-10-8-15(9-11-20)19-17(21)12-16(18)14-6-4-3-5-7-14/h3-7,13,15-16H,8-12,18H2,1-2H3,(H,19,21). The predicted octanol–water partition coefficient (Wildman–Crippen LogP) is 2.07. The average molecular weight is 289 g/mol. The highest BCUT2D eigenvalue weighted by Gasteiger charge is 2.22. The second-order valence-electron chi connectivity index (χ2n) is 6.19. The molecule has 1 amide bonds. The molecule has 1 fully saturated rings. The first kappa shape index (κ1) is 16.0. The van der Waals surface area contributed by atoms with Crippen molar-refractivity contribution in [3.63, 3.8) is 0 Å². The van der Waals surface area contributed by atoms with Gasteiger partial charge in [-0.3, -0.25) is 4.79 Å². The number of piperidine rings is 1. The van der Waals surface area contributed by atoms with Crippen LogP contribution in [-0.2, 0) is 4.79 Å². The van der Waals surface area contributed by atoms with Crippen molar-refractivity contribution in [1.82, 2.24) is 10.2 Å². The van der Waals surface area contributed by atoms with Gasteiger partial charge in [0.05, 0.1) is 0 Å². The number of likely N-dealkylation sites (tertiary alicyclic amines) is 1. The van der Waals surface area contributed by atoms with Crippen molar-refractivity contribution in [3.05, 3.63) is 35.9 Å². The molecular weight excluding hydrogens is 262 g/mol.